The quantitative estimate of drug-likeness (QED) is 0.237. The molecule has 1 aliphatic carbocycles. The number of carbonyl (C=O) groups is 1. The molecule has 4 aromatic rings. The summed E-state index contributed by atoms with van der Waals surface area (Å²) >= 11 is 0. The molecular weight excluding hydrogens is 557 g/mol. The molecule has 0 saturated carbocycles. The Hall–Kier alpha value is -4.52. The van der Waals surface area contributed by atoms with Crippen LogP contribution in [0.5, 0.6) is 11.5 Å². The van der Waals surface area contributed by atoms with E-state index in [2.05, 4.69) is 5.10 Å². The summed E-state index contributed by atoms with van der Waals surface area (Å²) in [5, 5.41) is 3.84. The molecule has 0 spiro atoms. The van der Waals surface area contributed by atoms with E-state index in [4.69, 9.17) is 10.5 Å². The van der Waals surface area contributed by atoms with Crippen molar-refractivity contribution in [3.63, 3.8) is 0 Å². The molecule has 40 heavy (non-hydrogen) atoms. The SMILES string of the molecule is CS(=O)(=O)Cc1cc2c(cc1F)C=C(C(=O)c1cnn(-c3c(F)cc(Oc4cccc(F)c4F)cc3F)c1N)C2. The van der Waals surface area contributed by atoms with Crippen LogP contribution in [0.25, 0.3) is 11.8 Å². The van der Waals surface area contributed by atoms with Crippen molar-refractivity contribution in [3.8, 4) is 17.2 Å². The smallest absolute Gasteiger partial charge is 0.201 e. The first kappa shape index (κ1) is 27.1. The molecule has 0 amide bonds. The third kappa shape index (κ3) is 5.07. The molecular formula is C27H18F5N3O4S. The van der Waals surface area contributed by atoms with Gasteiger partial charge >= 0.3 is 0 Å². The molecule has 7 nitrogen and oxygen atoms in total. The predicted molar refractivity (Wildman–Crippen MR) is 135 cm³/mol. The number of nitrogens with two attached hydrogens (primary N) is 1. The van der Waals surface area contributed by atoms with Gasteiger partial charge < -0.3 is 10.5 Å². The van der Waals surface area contributed by atoms with Crippen LogP contribution in [0.2, 0.25) is 0 Å². The van der Waals surface area contributed by atoms with E-state index in [1.165, 1.54) is 12.1 Å². The third-order valence-corrected chi connectivity index (χ3v) is 6.96. The lowest BCUT2D eigenvalue weighted by Crippen LogP contribution is -2.11. The molecule has 1 heterocycles. The predicted octanol–water partition coefficient (Wildman–Crippen LogP) is 5.31. The number of hydrogen-bond acceptors (Lipinski definition) is 6. The van der Waals surface area contributed by atoms with Gasteiger partial charge in [0.1, 0.15) is 23.1 Å². The number of nitrogen functional groups attached to an aromatic ring is 1. The number of ether oxygens (including phenoxy) is 1. The maximum absolute atomic E-state index is 15.0. The highest BCUT2D eigenvalue weighted by Gasteiger charge is 2.27. The Bertz CT molecular complexity index is 1830. The van der Waals surface area contributed by atoms with E-state index in [1.807, 2.05) is 0 Å². The Morgan fingerprint density at radius 1 is 1.02 bits per heavy atom. The number of carbonyl (C=O) groups excluding carboxylic acids is 1. The highest BCUT2D eigenvalue weighted by atomic mass is 32.2. The lowest BCUT2D eigenvalue weighted by molar-refractivity contribution is 0.103. The van der Waals surface area contributed by atoms with Gasteiger partial charge in [0, 0.05) is 35.9 Å². The number of anilines is 1. The number of allylic oxidation sites excluding steroid dienone is 1. The van der Waals surface area contributed by atoms with E-state index in [0.29, 0.717) is 27.9 Å². The molecule has 13 heteroatoms. The second-order valence-corrected chi connectivity index (χ2v) is 11.3. The van der Waals surface area contributed by atoms with E-state index in [0.717, 1.165) is 36.7 Å². The van der Waals surface area contributed by atoms with Gasteiger partial charge in [-0.05, 0) is 35.4 Å². The van der Waals surface area contributed by atoms with Gasteiger partial charge in [-0.25, -0.2) is 30.7 Å². The lowest BCUT2D eigenvalue weighted by Gasteiger charge is -2.11. The van der Waals surface area contributed by atoms with Crippen molar-refractivity contribution < 1.29 is 39.9 Å². The van der Waals surface area contributed by atoms with E-state index >= 15 is 0 Å². The van der Waals surface area contributed by atoms with Gasteiger partial charge in [-0.15, -0.1) is 0 Å². The molecule has 3 aromatic carbocycles. The Morgan fingerprint density at radius 2 is 1.73 bits per heavy atom. The van der Waals surface area contributed by atoms with Crippen LogP contribution in [0.15, 0.2) is 54.2 Å². The average molecular weight is 576 g/mol. The minimum Gasteiger partial charge on any atom is -0.454 e. The fraction of sp³-hybridized carbons (Fsp3) is 0.111. The maximum atomic E-state index is 15.0. The first-order valence-corrected chi connectivity index (χ1v) is 13.6. The van der Waals surface area contributed by atoms with Gasteiger partial charge in [0.25, 0.3) is 0 Å². The number of ketones is 1. The molecule has 2 N–H and O–H groups in total. The van der Waals surface area contributed by atoms with E-state index < -0.39 is 73.5 Å². The Morgan fingerprint density at radius 3 is 2.40 bits per heavy atom. The van der Waals surface area contributed by atoms with Gasteiger partial charge in [0.15, 0.2) is 38.8 Å². The number of sulfone groups is 1. The molecule has 206 valence electrons. The molecule has 0 aliphatic heterocycles. The first-order valence-electron chi connectivity index (χ1n) is 11.5. The summed E-state index contributed by atoms with van der Waals surface area (Å²) in [6, 6.07) is 7.00. The second kappa shape index (κ2) is 9.90. The van der Waals surface area contributed by atoms with Gasteiger partial charge in [0.2, 0.25) is 5.82 Å². The maximum Gasteiger partial charge on any atom is 0.201 e. The summed E-state index contributed by atoms with van der Waals surface area (Å²) in [5.41, 5.74) is 6.15. The van der Waals surface area contributed by atoms with E-state index in [1.54, 1.807) is 0 Å². The minimum absolute atomic E-state index is 0.0332. The molecule has 5 rings (SSSR count). The van der Waals surface area contributed by atoms with Crippen molar-refractivity contribution in [1.82, 2.24) is 9.78 Å². The van der Waals surface area contributed by atoms with E-state index in [9.17, 15) is 35.2 Å². The van der Waals surface area contributed by atoms with Crippen molar-refractivity contribution in [2.75, 3.05) is 12.0 Å². The average Bonchev–Trinajstić information content (AvgIpc) is 3.44. The summed E-state index contributed by atoms with van der Waals surface area (Å²) < 4.78 is 101. The van der Waals surface area contributed by atoms with Crippen LogP contribution >= 0.6 is 0 Å². The van der Waals surface area contributed by atoms with Crippen LogP contribution < -0.4 is 10.5 Å². The summed E-state index contributed by atoms with van der Waals surface area (Å²) in [7, 11) is -3.50. The number of hydrogen-bond donors (Lipinski definition) is 1. The second-order valence-electron chi connectivity index (χ2n) is 9.13. The van der Waals surface area contributed by atoms with Crippen LogP contribution in [0.3, 0.4) is 0 Å². The van der Waals surface area contributed by atoms with Crippen LogP contribution in [0, 0.1) is 29.1 Å². The molecule has 0 fully saturated rings. The Balaban J connectivity index is 1.41. The normalized spacial score (nSPS) is 12.8. The van der Waals surface area contributed by atoms with Crippen LogP contribution in [-0.4, -0.2) is 30.2 Å². The number of fused-ring (bicyclic) bond motifs is 1. The molecule has 0 bridgehead atoms. The monoisotopic (exact) mass is 575 g/mol. The molecule has 0 atom stereocenters. The summed E-state index contributed by atoms with van der Waals surface area (Å²) in [4.78, 5) is 13.2. The van der Waals surface area contributed by atoms with Gasteiger partial charge in [-0.3, -0.25) is 4.79 Å². The fourth-order valence-electron chi connectivity index (χ4n) is 4.33. The fourth-order valence-corrected chi connectivity index (χ4v) is 5.12. The van der Waals surface area contributed by atoms with Crippen molar-refractivity contribution >= 4 is 27.5 Å². The standard InChI is InChI=1S/C27H18F5N3O4S/c1-40(37,38)12-16-7-13-5-15(6-14(13)8-20(16)29)26(36)18-11-34-35(27(18)33)25-21(30)9-17(10-22(25)31)39-23-4-2-3-19(28)24(23)32/h2-4,6-11H,5,12,33H2,1H3. The van der Waals surface area contributed by atoms with Crippen LogP contribution in [0.4, 0.5) is 27.8 Å². The Kier molecular flexibility index (Phi) is 6.70. The number of benzene rings is 3. The number of Topliss-reactive ketones (excluding diaryl/α,β-unsaturated/α-hetero) is 1. The van der Waals surface area contributed by atoms with Crippen molar-refractivity contribution in [1.29, 1.82) is 0 Å². The molecule has 0 saturated heterocycles. The zero-order valence-corrected chi connectivity index (χ0v) is 21.3. The zero-order valence-electron chi connectivity index (χ0n) is 20.5. The molecule has 1 aromatic heterocycles. The highest BCUT2D eigenvalue weighted by molar-refractivity contribution is 7.89. The summed E-state index contributed by atoms with van der Waals surface area (Å²) in [6.07, 6.45) is 3.45. The molecule has 1 aliphatic rings. The van der Waals surface area contributed by atoms with Crippen LogP contribution in [0.1, 0.15) is 27.0 Å². The Labute approximate surface area is 224 Å². The first-order chi connectivity index (χ1) is 18.8. The number of rotatable bonds is 7. The number of aromatic nitrogens is 2. The summed E-state index contributed by atoms with van der Waals surface area (Å²) in [5.74, 6) is -8.33. The largest absolute Gasteiger partial charge is 0.454 e. The van der Waals surface area contributed by atoms with Crippen molar-refractivity contribution in [2.24, 2.45) is 0 Å². The van der Waals surface area contributed by atoms with Crippen LogP contribution in [-0.2, 0) is 22.0 Å². The van der Waals surface area contributed by atoms with Crippen molar-refractivity contribution in [3.05, 3.63) is 106 Å². The van der Waals surface area contributed by atoms with Gasteiger partial charge in [-0.2, -0.15) is 9.49 Å². The van der Waals surface area contributed by atoms with Gasteiger partial charge in [0.05, 0.1) is 17.5 Å². The van der Waals surface area contributed by atoms with Gasteiger partial charge in [-0.1, -0.05) is 12.1 Å². The topological polar surface area (TPSA) is 104 Å². The van der Waals surface area contributed by atoms with Crippen molar-refractivity contribution in [2.45, 2.75) is 12.2 Å². The highest BCUT2D eigenvalue weighted by Crippen LogP contribution is 2.34. The third-order valence-electron chi connectivity index (χ3n) is 6.13. The zero-order chi connectivity index (χ0) is 28.9. The molecule has 0 radical (unpaired) electrons. The number of halogens is 5. The lowest BCUT2D eigenvalue weighted by atomic mass is 10.0. The minimum atomic E-state index is -3.50. The van der Waals surface area contributed by atoms with E-state index in [-0.39, 0.29) is 23.1 Å². The molecule has 0 unspecified atom stereocenters. The summed E-state index contributed by atoms with van der Waals surface area (Å²) in [6.45, 7) is 0. The number of nitrogens with zero attached hydrogens (tertiary/aromatic N) is 2.